The molecule has 1 aliphatic heterocycles. The van der Waals surface area contributed by atoms with Crippen LogP contribution in [0.5, 0.6) is 0 Å². The first kappa shape index (κ1) is 16.1. The molecule has 5 heteroatoms. The van der Waals surface area contributed by atoms with Gasteiger partial charge in [0.25, 0.3) is 0 Å². The molecule has 0 radical (unpaired) electrons. The van der Waals surface area contributed by atoms with E-state index in [1.54, 1.807) is 4.90 Å². The molecule has 0 bridgehead atoms. The van der Waals surface area contributed by atoms with Crippen LogP contribution in [0.1, 0.15) is 38.7 Å². The molecule has 116 valence electrons. The predicted octanol–water partition coefficient (Wildman–Crippen LogP) is 3.43. The van der Waals surface area contributed by atoms with E-state index < -0.39 is 11.7 Å². The highest BCUT2D eigenvalue weighted by Gasteiger charge is 2.33. The third-order valence-corrected chi connectivity index (χ3v) is 3.88. The van der Waals surface area contributed by atoms with Crippen LogP contribution in [-0.2, 0) is 4.74 Å². The van der Waals surface area contributed by atoms with Crippen molar-refractivity contribution in [2.24, 2.45) is 0 Å². The molecule has 1 aromatic rings. The summed E-state index contributed by atoms with van der Waals surface area (Å²) in [5.74, 6) is -0.0441. The number of rotatable bonds is 1. The third-order valence-electron chi connectivity index (χ3n) is 3.54. The van der Waals surface area contributed by atoms with Crippen LogP contribution in [0.3, 0.4) is 0 Å². The Morgan fingerprint density at radius 3 is 2.62 bits per heavy atom. The first-order valence-corrected chi connectivity index (χ1v) is 7.56. The van der Waals surface area contributed by atoms with E-state index in [1.165, 1.54) is 0 Å². The average Bonchev–Trinajstić information content (AvgIpc) is 2.38. The Kier molecular flexibility index (Phi) is 4.79. The highest BCUT2D eigenvalue weighted by atomic mass is 35.5. The monoisotopic (exact) mass is 311 g/mol. The van der Waals surface area contributed by atoms with E-state index in [1.807, 2.05) is 45.0 Å². The number of carbonyl (C=O) groups excluding carboxylic acids is 1. The molecule has 1 aliphatic rings. The van der Waals surface area contributed by atoms with Gasteiger partial charge in [-0.3, -0.25) is 0 Å². The number of likely N-dealkylation sites (tertiary alicyclic amines) is 1. The van der Waals surface area contributed by atoms with Crippen LogP contribution in [0.4, 0.5) is 4.79 Å². The minimum Gasteiger partial charge on any atom is -0.444 e. The summed E-state index contributed by atoms with van der Waals surface area (Å²) in [6, 6.07) is 7.53. The molecule has 1 saturated heterocycles. The number of nitrogens with zero attached hydrogens (tertiary/aromatic N) is 1. The number of piperidine rings is 1. The largest absolute Gasteiger partial charge is 0.444 e. The summed E-state index contributed by atoms with van der Waals surface area (Å²) >= 11 is 6.19. The summed E-state index contributed by atoms with van der Waals surface area (Å²) < 4.78 is 5.34. The zero-order valence-electron chi connectivity index (χ0n) is 12.7. The van der Waals surface area contributed by atoms with Crippen LogP contribution in [0.2, 0.25) is 5.02 Å². The summed E-state index contributed by atoms with van der Waals surface area (Å²) in [4.78, 5) is 13.6. The first-order valence-electron chi connectivity index (χ1n) is 7.18. The van der Waals surface area contributed by atoms with Crippen molar-refractivity contribution in [3.63, 3.8) is 0 Å². The molecule has 1 amide bonds. The maximum absolute atomic E-state index is 12.0. The number of aliphatic hydroxyl groups excluding tert-OH is 1. The molecular weight excluding hydrogens is 290 g/mol. The Bertz CT molecular complexity index is 512. The normalized spacial score (nSPS) is 23.0. The lowest BCUT2D eigenvalue weighted by Gasteiger charge is -2.37. The van der Waals surface area contributed by atoms with E-state index in [2.05, 4.69) is 0 Å². The third kappa shape index (κ3) is 4.11. The van der Waals surface area contributed by atoms with Crippen molar-refractivity contribution >= 4 is 17.7 Å². The van der Waals surface area contributed by atoms with Crippen LogP contribution < -0.4 is 0 Å². The van der Waals surface area contributed by atoms with Gasteiger partial charge in [-0.25, -0.2) is 4.79 Å². The van der Waals surface area contributed by atoms with Crippen LogP contribution in [0.15, 0.2) is 24.3 Å². The molecule has 1 heterocycles. The molecule has 1 fully saturated rings. The molecule has 4 nitrogen and oxygen atoms in total. The number of ether oxygens (including phenoxy) is 1. The number of aliphatic hydroxyl groups is 1. The zero-order valence-corrected chi connectivity index (χ0v) is 13.4. The van der Waals surface area contributed by atoms with E-state index in [0.29, 0.717) is 18.0 Å². The van der Waals surface area contributed by atoms with Crippen LogP contribution >= 0.6 is 11.6 Å². The van der Waals surface area contributed by atoms with Crippen LogP contribution in [-0.4, -0.2) is 40.9 Å². The van der Waals surface area contributed by atoms with Gasteiger partial charge in [-0.05, 0) is 38.8 Å². The molecule has 21 heavy (non-hydrogen) atoms. The second-order valence-electron chi connectivity index (χ2n) is 6.41. The van der Waals surface area contributed by atoms with E-state index in [-0.39, 0.29) is 18.6 Å². The molecule has 0 aliphatic carbocycles. The smallest absolute Gasteiger partial charge is 0.410 e. The number of benzene rings is 1. The maximum Gasteiger partial charge on any atom is 0.410 e. The number of hydrogen-bond donors (Lipinski definition) is 1. The Labute approximate surface area is 130 Å². The molecule has 2 rings (SSSR count). The van der Waals surface area contributed by atoms with Gasteiger partial charge >= 0.3 is 6.09 Å². The summed E-state index contributed by atoms with van der Waals surface area (Å²) in [6.45, 7) is 6.32. The maximum atomic E-state index is 12.0. The Hall–Kier alpha value is -1.26. The van der Waals surface area contributed by atoms with E-state index in [4.69, 9.17) is 16.3 Å². The molecule has 1 N–H and O–H groups in total. The molecule has 0 saturated carbocycles. The highest BCUT2D eigenvalue weighted by molar-refractivity contribution is 6.31. The molecule has 2 unspecified atom stereocenters. The van der Waals surface area contributed by atoms with Gasteiger partial charge in [0.05, 0.1) is 12.6 Å². The standard InChI is InChI=1S/C16H22ClNO3/c1-16(2,3)21-15(20)18-9-8-12(14(19)10-18)11-6-4-5-7-13(11)17/h4-7,12,14,19H,8-10H2,1-3H3. The lowest BCUT2D eigenvalue weighted by atomic mass is 9.87. The molecule has 0 aromatic heterocycles. The van der Waals surface area contributed by atoms with Gasteiger partial charge in [-0.15, -0.1) is 0 Å². The van der Waals surface area contributed by atoms with Gasteiger partial charge in [0, 0.05) is 17.5 Å². The quantitative estimate of drug-likeness (QED) is 0.864. The Morgan fingerprint density at radius 1 is 1.38 bits per heavy atom. The van der Waals surface area contributed by atoms with Crippen LogP contribution in [0, 0.1) is 0 Å². The number of halogens is 1. The van der Waals surface area contributed by atoms with Crippen molar-refractivity contribution in [3.05, 3.63) is 34.9 Å². The van der Waals surface area contributed by atoms with E-state index >= 15 is 0 Å². The highest BCUT2D eigenvalue weighted by Crippen LogP contribution is 2.33. The molecule has 0 spiro atoms. The fraction of sp³-hybridized carbons (Fsp3) is 0.562. The lowest BCUT2D eigenvalue weighted by molar-refractivity contribution is -0.00150. The van der Waals surface area contributed by atoms with Crippen molar-refractivity contribution in [1.82, 2.24) is 4.90 Å². The molecule has 2 atom stereocenters. The van der Waals surface area contributed by atoms with Crippen molar-refractivity contribution in [2.75, 3.05) is 13.1 Å². The fourth-order valence-corrected chi connectivity index (χ4v) is 2.84. The van der Waals surface area contributed by atoms with Crippen molar-refractivity contribution in [2.45, 2.75) is 44.8 Å². The van der Waals surface area contributed by atoms with E-state index in [0.717, 1.165) is 5.56 Å². The lowest BCUT2D eigenvalue weighted by Crippen LogP contribution is -2.47. The predicted molar refractivity (Wildman–Crippen MR) is 82.6 cm³/mol. The van der Waals surface area contributed by atoms with Gasteiger partial charge in [-0.1, -0.05) is 29.8 Å². The van der Waals surface area contributed by atoms with Gasteiger partial charge in [0.1, 0.15) is 5.60 Å². The average molecular weight is 312 g/mol. The summed E-state index contributed by atoms with van der Waals surface area (Å²) in [7, 11) is 0. The SMILES string of the molecule is CC(C)(C)OC(=O)N1CCC(c2ccccc2Cl)C(O)C1. The number of β-amino-alcohol motifs (C(OH)–C–C–N with tert-alkyl or cyclic N) is 1. The summed E-state index contributed by atoms with van der Waals surface area (Å²) in [5.41, 5.74) is 0.414. The Balaban J connectivity index is 2.03. The topological polar surface area (TPSA) is 49.8 Å². The minimum atomic E-state index is -0.633. The van der Waals surface area contributed by atoms with Gasteiger partial charge in [-0.2, -0.15) is 0 Å². The minimum absolute atomic E-state index is 0.0441. The second kappa shape index (κ2) is 6.24. The first-order chi connectivity index (χ1) is 9.78. The van der Waals surface area contributed by atoms with Gasteiger partial charge < -0.3 is 14.7 Å². The van der Waals surface area contributed by atoms with Crippen LogP contribution in [0.25, 0.3) is 0 Å². The zero-order chi connectivity index (χ0) is 15.6. The van der Waals surface area contributed by atoms with Gasteiger partial charge in [0.2, 0.25) is 0 Å². The summed E-state index contributed by atoms with van der Waals surface area (Å²) in [5, 5.41) is 11.0. The van der Waals surface area contributed by atoms with Crippen molar-refractivity contribution < 1.29 is 14.6 Å². The molecular formula is C16H22ClNO3. The summed E-state index contributed by atoms with van der Waals surface area (Å²) in [6.07, 6.45) is -0.338. The number of carbonyl (C=O) groups is 1. The van der Waals surface area contributed by atoms with Gasteiger partial charge in [0.15, 0.2) is 0 Å². The van der Waals surface area contributed by atoms with E-state index in [9.17, 15) is 9.90 Å². The molecule has 1 aromatic carbocycles. The Morgan fingerprint density at radius 2 is 2.05 bits per heavy atom. The van der Waals surface area contributed by atoms with Crippen molar-refractivity contribution in [1.29, 1.82) is 0 Å². The number of hydrogen-bond acceptors (Lipinski definition) is 3. The van der Waals surface area contributed by atoms with Crippen molar-refractivity contribution in [3.8, 4) is 0 Å². The number of amides is 1. The fourth-order valence-electron chi connectivity index (χ4n) is 2.56. The second-order valence-corrected chi connectivity index (χ2v) is 6.82.